The van der Waals surface area contributed by atoms with Crippen molar-refractivity contribution in [2.45, 2.75) is 25.7 Å². The summed E-state index contributed by atoms with van der Waals surface area (Å²) in [7, 11) is 0. The number of rotatable bonds is 2. The molecule has 1 heterocycles. The Balaban J connectivity index is 2.07. The van der Waals surface area contributed by atoms with Crippen molar-refractivity contribution in [3.8, 4) is 0 Å². The molecule has 0 aliphatic carbocycles. The van der Waals surface area contributed by atoms with Crippen LogP contribution in [0.1, 0.15) is 31.2 Å². The normalized spacial score (nSPS) is 17.4. The van der Waals surface area contributed by atoms with Gasteiger partial charge in [0.25, 0.3) is 0 Å². The number of nitrogens with zero attached hydrogens (tertiary/aromatic N) is 1. The third kappa shape index (κ3) is 4.15. The summed E-state index contributed by atoms with van der Waals surface area (Å²) in [5.74, 6) is 0. The van der Waals surface area contributed by atoms with Gasteiger partial charge in [0.05, 0.1) is 5.03 Å². The molecule has 0 aromatic heterocycles. The Hall–Kier alpha value is -0.790. The van der Waals surface area contributed by atoms with Gasteiger partial charge in [-0.05, 0) is 30.5 Å². The molecule has 0 amide bonds. The first-order chi connectivity index (χ1) is 8.75. The summed E-state index contributed by atoms with van der Waals surface area (Å²) in [5.41, 5.74) is 1.01. The van der Waals surface area contributed by atoms with Crippen molar-refractivity contribution in [1.29, 1.82) is 0 Å². The molecule has 1 fully saturated rings. The molecule has 0 atom stereocenters. The molecule has 1 aliphatic heterocycles. The lowest BCUT2D eigenvalue weighted by Gasteiger charge is -1.99. The Bertz CT molecular complexity index is 436. The fourth-order valence-electron chi connectivity index (χ4n) is 2.12. The number of benzene rings is 1. The minimum Gasteiger partial charge on any atom is -0.236 e. The van der Waals surface area contributed by atoms with Gasteiger partial charge in [0, 0.05) is 23.9 Å². The monoisotopic (exact) mass is 282 g/mol. The summed E-state index contributed by atoms with van der Waals surface area (Å²) in [6, 6.07) is 7.60. The minimum atomic E-state index is 0.736. The van der Waals surface area contributed by atoms with E-state index in [1.807, 2.05) is 30.3 Å². The van der Waals surface area contributed by atoms with Gasteiger partial charge in [0.1, 0.15) is 13.1 Å². The second-order valence-corrected chi connectivity index (χ2v) is 5.46. The van der Waals surface area contributed by atoms with E-state index >= 15 is 0 Å². The molecule has 1 aromatic rings. The van der Waals surface area contributed by atoms with Crippen molar-refractivity contribution in [2.24, 2.45) is 0 Å². The SMILES string of the molecule is Cl/C(=C/C=[N+]1CCCCCC1)c1ccc(Cl)cc1. The average Bonchev–Trinajstić information content (AvgIpc) is 2.65. The van der Waals surface area contributed by atoms with E-state index in [2.05, 4.69) is 10.8 Å². The quantitative estimate of drug-likeness (QED) is 0.699. The highest BCUT2D eigenvalue weighted by molar-refractivity contribution is 6.49. The van der Waals surface area contributed by atoms with Crippen molar-refractivity contribution in [1.82, 2.24) is 0 Å². The van der Waals surface area contributed by atoms with Crippen LogP contribution >= 0.6 is 23.2 Å². The van der Waals surface area contributed by atoms with E-state index in [0.29, 0.717) is 0 Å². The Morgan fingerprint density at radius 3 is 2.22 bits per heavy atom. The predicted molar refractivity (Wildman–Crippen MR) is 79.8 cm³/mol. The Labute approximate surface area is 119 Å². The van der Waals surface area contributed by atoms with E-state index in [1.54, 1.807) is 0 Å². The molecule has 96 valence electrons. The first-order valence-electron chi connectivity index (χ1n) is 6.46. The predicted octanol–water partition coefficient (Wildman–Crippen LogP) is 4.58. The Morgan fingerprint density at radius 1 is 1.00 bits per heavy atom. The van der Waals surface area contributed by atoms with Gasteiger partial charge < -0.3 is 0 Å². The average molecular weight is 283 g/mol. The number of allylic oxidation sites excluding steroid dienone is 1. The fourth-order valence-corrected chi connectivity index (χ4v) is 2.43. The molecule has 0 radical (unpaired) electrons. The number of hydrogen-bond acceptors (Lipinski definition) is 0. The highest BCUT2D eigenvalue weighted by Gasteiger charge is 2.08. The van der Waals surface area contributed by atoms with Gasteiger partial charge in [-0.1, -0.05) is 35.3 Å². The van der Waals surface area contributed by atoms with Crippen molar-refractivity contribution in [3.05, 3.63) is 40.9 Å². The smallest absolute Gasteiger partial charge is 0.164 e. The molecule has 18 heavy (non-hydrogen) atoms. The van der Waals surface area contributed by atoms with Crippen molar-refractivity contribution in [3.63, 3.8) is 0 Å². The zero-order chi connectivity index (χ0) is 12.8. The van der Waals surface area contributed by atoms with Gasteiger partial charge in [-0.25, -0.2) is 4.58 Å². The van der Waals surface area contributed by atoms with Gasteiger partial charge in [-0.15, -0.1) is 0 Å². The highest BCUT2D eigenvalue weighted by atomic mass is 35.5. The van der Waals surface area contributed by atoms with E-state index < -0.39 is 0 Å². The van der Waals surface area contributed by atoms with Gasteiger partial charge in [0.2, 0.25) is 0 Å². The minimum absolute atomic E-state index is 0.736. The largest absolute Gasteiger partial charge is 0.236 e. The van der Waals surface area contributed by atoms with Crippen LogP contribution in [0.15, 0.2) is 30.3 Å². The van der Waals surface area contributed by atoms with Crippen LogP contribution in [0.4, 0.5) is 0 Å². The lowest BCUT2D eigenvalue weighted by molar-refractivity contribution is -0.520. The van der Waals surface area contributed by atoms with Crippen molar-refractivity contribution >= 4 is 34.4 Å². The molecule has 0 bridgehead atoms. The summed E-state index contributed by atoms with van der Waals surface area (Å²) in [4.78, 5) is 0. The van der Waals surface area contributed by atoms with Gasteiger partial charge in [-0.2, -0.15) is 0 Å². The van der Waals surface area contributed by atoms with E-state index in [-0.39, 0.29) is 0 Å². The maximum atomic E-state index is 6.28. The van der Waals surface area contributed by atoms with Crippen LogP contribution in [0.3, 0.4) is 0 Å². The molecule has 1 nitrogen and oxygen atoms in total. The first-order valence-corrected chi connectivity index (χ1v) is 7.22. The zero-order valence-corrected chi connectivity index (χ0v) is 11.9. The summed E-state index contributed by atoms with van der Waals surface area (Å²) in [6.07, 6.45) is 9.35. The molecular formula is C15H18Cl2N+. The van der Waals surface area contributed by atoms with Gasteiger partial charge >= 0.3 is 0 Å². The summed E-state index contributed by atoms with van der Waals surface area (Å²) >= 11 is 12.1. The van der Waals surface area contributed by atoms with Gasteiger partial charge in [0.15, 0.2) is 6.21 Å². The molecule has 0 unspecified atom stereocenters. The van der Waals surface area contributed by atoms with Crippen LogP contribution in [0.25, 0.3) is 5.03 Å². The molecule has 1 aromatic carbocycles. The molecule has 1 aliphatic rings. The second kappa shape index (κ2) is 6.96. The fraction of sp³-hybridized carbons (Fsp3) is 0.400. The summed E-state index contributed by atoms with van der Waals surface area (Å²) in [5, 5.41) is 1.50. The number of halogens is 2. The molecule has 0 saturated carbocycles. The third-order valence-corrected chi connectivity index (χ3v) is 3.79. The zero-order valence-electron chi connectivity index (χ0n) is 10.4. The highest BCUT2D eigenvalue weighted by Crippen LogP contribution is 2.20. The van der Waals surface area contributed by atoms with Crippen molar-refractivity contribution < 1.29 is 4.58 Å². The molecule has 3 heteroatoms. The van der Waals surface area contributed by atoms with Crippen LogP contribution in [-0.4, -0.2) is 23.9 Å². The Kier molecular flexibility index (Phi) is 5.27. The molecular weight excluding hydrogens is 265 g/mol. The van der Waals surface area contributed by atoms with Crippen LogP contribution in [-0.2, 0) is 0 Å². The number of hydrogen-bond donors (Lipinski definition) is 0. The lowest BCUT2D eigenvalue weighted by atomic mass is 10.2. The molecule has 0 N–H and O–H groups in total. The van der Waals surface area contributed by atoms with Crippen molar-refractivity contribution in [2.75, 3.05) is 13.1 Å². The van der Waals surface area contributed by atoms with Gasteiger partial charge in [-0.3, -0.25) is 0 Å². The van der Waals surface area contributed by atoms with Crippen LogP contribution in [0, 0.1) is 0 Å². The van der Waals surface area contributed by atoms with E-state index in [9.17, 15) is 0 Å². The Morgan fingerprint density at radius 2 is 1.61 bits per heavy atom. The van der Waals surface area contributed by atoms with Crippen LogP contribution < -0.4 is 0 Å². The first kappa shape index (κ1) is 13.6. The van der Waals surface area contributed by atoms with E-state index in [4.69, 9.17) is 23.2 Å². The standard InChI is InChI=1S/C15H18Cl2N/c16-14-7-5-13(6-8-14)15(17)9-12-18-10-3-1-2-4-11-18/h5-9,12H,1-4,10-11H2/q+1/b15-9+. The maximum absolute atomic E-state index is 6.28. The summed E-state index contributed by atoms with van der Waals surface area (Å²) < 4.78 is 2.35. The molecule has 0 spiro atoms. The molecule has 2 rings (SSSR count). The summed E-state index contributed by atoms with van der Waals surface area (Å²) in [6.45, 7) is 2.28. The van der Waals surface area contributed by atoms with E-state index in [1.165, 1.54) is 25.7 Å². The van der Waals surface area contributed by atoms with Crippen LogP contribution in [0.2, 0.25) is 5.02 Å². The second-order valence-electron chi connectivity index (χ2n) is 4.62. The van der Waals surface area contributed by atoms with E-state index in [0.717, 1.165) is 28.7 Å². The lowest BCUT2D eigenvalue weighted by Crippen LogP contribution is -2.13. The topological polar surface area (TPSA) is 3.01 Å². The third-order valence-electron chi connectivity index (χ3n) is 3.19. The van der Waals surface area contributed by atoms with Crippen LogP contribution in [0.5, 0.6) is 0 Å². The molecule has 1 saturated heterocycles. The maximum Gasteiger partial charge on any atom is 0.164 e.